The standard InChI is InChI=1S/C26H30BrN3O5/c1-16-10-19(27)11-17(2)25(16)29-23(31)15-35-21-7-5-20(6-8-21)30-14-18(12-24(30)32)26(33)28-13-22-4-3-9-34-22/h5-8,10-11,18,22H,3-4,9,12-15H2,1-2H3,(H,28,33)(H,29,31)/t18-,22+/m1/s1. The van der Waals surface area contributed by atoms with Gasteiger partial charge in [0.15, 0.2) is 6.61 Å². The molecule has 2 fully saturated rings. The molecule has 0 saturated carbocycles. The highest BCUT2D eigenvalue weighted by molar-refractivity contribution is 9.10. The fourth-order valence-corrected chi connectivity index (χ4v) is 5.14. The highest BCUT2D eigenvalue weighted by atomic mass is 79.9. The van der Waals surface area contributed by atoms with Crippen molar-refractivity contribution in [3.8, 4) is 5.75 Å². The van der Waals surface area contributed by atoms with Crippen LogP contribution in [0.3, 0.4) is 0 Å². The van der Waals surface area contributed by atoms with Gasteiger partial charge in [0.05, 0.1) is 12.0 Å². The van der Waals surface area contributed by atoms with Crippen LogP contribution in [0.5, 0.6) is 5.75 Å². The first-order valence-electron chi connectivity index (χ1n) is 11.8. The van der Waals surface area contributed by atoms with Gasteiger partial charge in [-0.3, -0.25) is 14.4 Å². The van der Waals surface area contributed by atoms with Crippen LogP contribution in [0.2, 0.25) is 0 Å². The average molecular weight is 544 g/mol. The Hall–Kier alpha value is -2.91. The van der Waals surface area contributed by atoms with Crippen LogP contribution in [0.1, 0.15) is 30.4 Å². The van der Waals surface area contributed by atoms with Gasteiger partial charge in [-0.2, -0.15) is 0 Å². The molecule has 2 aromatic carbocycles. The number of rotatable bonds is 8. The van der Waals surface area contributed by atoms with Gasteiger partial charge in [0.2, 0.25) is 11.8 Å². The van der Waals surface area contributed by atoms with Gasteiger partial charge in [0, 0.05) is 42.0 Å². The Kier molecular flexibility index (Phi) is 8.07. The summed E-state index contributed by atoms with van der Waals surface area (Å²) in [5, 5.41) is 5.82. The summed E-state index contributed by atoms with van der Waals surface area (Å²) >= 11 is 3.45. The number of halogens is 1. The van der Waals surface area contributed by atoms with Crippen LogP contribution in [-0.4, -0.2) is 50.1 Å². The summed E-state index contributed by atoms with van der Waals surface area (Å²) in [6, 6.07) is 10.9. The zero-order valence-electron chi connectivity index (χ0n) is 19.9. The summed E-state index contributed by atoms with van der Waals surface area (Å²) < 4.78 is 12.1. The summed E-state index contributed by atoms with van der Waals surface area (Å²) in [5.74, 6) is -0.317. The first-order chi connectivity index (χ1) is 16.8. The Balaban J connectivity index is 1.27. The Morgan fingerprint density at radius 3 is 2.54 bits per heavy atom. The van der Waals surface area contributed by atoms with Crippen LogP contribution >= 0.6 is 15.9 Å². The van der Waals surface area contributed by atoms with Crippen molar-refractivity contribution in [2.75, 3.05) is 36.5 Å². The van der Waals surface area contributed by atoms with E-state index in [0.717, 1.165) is 40.7 Å². The Morgan fingerprint density at radius 1 is 1.17 bits per heavy atom. The molecule has 35 heavy (non-hydrogen) atoms. The van der Waals surface area contributed by atoms with E-state index < -0.39 is 0 Å². The van der Waals surface area contributed by atoms with Crippen molar-refractivity contribution in [1.29, 1.82) is 0 Å². The fourth-order valence-electron chi connectivity index (χ4n) is 4.45. The van der Waals surface area contributed by atoms with E-state index in [-0.39, 0.29) is 42.8 Å². The van der Waals surface area contributed by atoms with E-state index in [1.165, 1.54) is 0 Å². The van der Waals surface area contributed by atoms with E-state index in [4.69, 9.17) is 9.47 Å². The second kappa shape index (κ2) is 11.2. The van der Waals surface area contributed by atoms with Crippen LogP contribution in [0.4, 0.5) is 11.4 Å². The van der Waals surface area contributed by atoms with Crippen molar-refractivity contribution in [2.45, 2.75) is 39.2 Å². The minimum Gasteiger partial charge on any atom is -0.484 e. The van der Waals surface area contributed by atoms with Crippen LogP contribution in [-0.2, 0) is 19.1 Å². The number of benzene rings is 2. The number of aryl methyl sites for hydroxylation is 2. The van der Waals surface area contributed by atoms with Crippen LogP contribution < -0.4 is 20.3 Å². The molecule has 4 rings (SSSR count). The zero-order valence-corrected chi connectivity index (χ0v) is 21.5. The molecule has 9 heteroatoms. The predicted octanol–water partition coefficient (Wildman–Crippen LogP) is 3.73. The third kappa shape index (κ3) is 6.41. The fraction of sp³-hybridized carbons (Fsp3) is 0.423. The molecule has 186 valence electrons. The maximum absolute atomic E-state index is 12.5. The summed E-state index contributed by atoms with van der Waals surface area (Å²) in [6.45, 7) is 5.31. The predicted molar refractivity (Wildman–Crippen MR) is 137 cm³/mol. The third-order valence-corrected chi connectivity index (χ3v) is 6.76. The number of carbonyl (C=O) groups excluding carboxylic acids is 3. The van der Waals surface area contributed by atoms with E-state index >= 15 is 0 Å². The monoisotopic (exact) mass is 543 g/mol. The van der Waals surface area contributed by atoms with Gasteiger partial charge in [0.1, 0.15) is 5.75 Å². The van der Waals surface area contributed by atoms with Crippen molar-refractivity contribution < 1.29 is 23.9 Å². The Labute approximate surface area is 213 Å². The molecule has 0 aromatic heterocycles. The summed E-state index contributed by atoms with van der Waals surface area (Å²) in [5.41, 5.74) is 3.40. The molecule has 0 unspecified atom stereocenters. The van der Waals surface area contributed by atoms with Crippen molar-refractivity contribution in [2.24, 2.45) is 5.92 Å². The molecule has 0 spiro atoms. The molecule has 0 radical (unpaired) electrons. The van der Waals surface area contributed by atoms with Crippen LogP contribution in [0.25, 0.3) is 0 Å². The number of hydrogen-bond acceptors (Lipinski definition) is 5. The highest BCUT2D eigenvalue weighted by Gasteiger charge is 2.35. The molecular formula is C26H30BrN3O5. The van der Waals surface area contributed by atoms with Gasteiger partial charge in [-0.05, 0) is 74.2 Å². The van der Waals surface area contributed by atoms with Crippen LogP contribution in [0.15, 0.2) is 40.9 Å². The van der Waals surface area contributed by atoms with Crippen molar-refractivity contribution in [1.82, 2.24) is 5.32 Å². The van der Waals surface area contributed by atoms with E-state index in [1.807, 2.05) is 26.0 Å². The first-order valence-corrected chi connectivity index (χ1v) is 12.6. The minimum atomic E-state index is -0.381. The number of ether oxygens (including phenoxy) is 2. The third-order valence-electron chi connectivity index (χ3n) is 6.30. The van der Waals surface area contributed by atoms with E-state index in [1.54, 1.807) is 29.2 Å². The molecule has 2 atom stereocenters. The molecule has 2 N–H and O–H groups in total. The van der Waals surface area contributed by atoms with E-state index in [9.17, 15) is 14.4 Å². The van der Waals surface area contributed by atoms with Gasteiger partial charge in [-0.25, -0.2) is 0 Å². The molecule has 0 bridgehead atoms. The van der Waals surface area contributed by atoms with Crippen LogP contribution in [0, 0.1) is 19.8 Å². The topological polar surface area (TPSA) is 97.0 Å². The molecule has 2 aromatic rings. The maximum Gasteiger partial charge on any atom is 0.262 e. The molecular weight excluding hydrogens is 514 g/mol. The SMILES string of the molecule is Cc1cc(Br)cc(C)c1NC(=O)COc1ccc(N2C[C@H](C(=O)NC[C@@H]3CCCO3)CC2=O)cc1. The van der Waals surface area contributed by atoms with Gasteiger partial charge >= 0.3 is 0 Å². The lowest BCUT2D eigenvalue weighted by Gasteiger charge is -2.18. The molecule has 0 aliphatic carbocycles. The Bertz CT molecular complexity index is 1080. The van der Waals surface area contributed by atoms with E-state index in [2.05, 4.69) is 26.6 Å². The van der Waals surface area contributed by atoms with Gasteiger partial charge in [0.25, 0.3) is 5.91 Å². The smallest absolute Gasteiger partial charge is 0.262 e. The average Bonchev–Trinajstić information content (AvgIpc) is 3.48. The van der Waals surface area contributed by atoms with Crippen molar-refractivity contribution in [3.63, 3.8) is 0 Å². The number of hydrogen-bond donors (Lipinski definition) is 2. The number of carbonyl (C=O) groups is 3. The number of nitrogens with zero attached hydrogens (tertiary/aromatic N) is 1. The number of anilines is 2. The first kappa shape index (κ1) is 25.2. The summed E-state index contributed by atoms with van der Waals surface area (Å²) in [6.07, 6.45) is 2.23. The molecule has 2 heterocycles. The minimum absolute atomic E-state index is 0.0738. The number of amides is 3. The van der Waals surface area contributed by atoms with Gasteiger partial charge < -0.3 is 25.0 Å². The van der Waals surface area contributed by atoms with Crippen molar-refractivity contribution in [3.05, 3.63) is 52.0 Å². The quantitative estimate of drug-likeness (QED) is 0.528. The van der Waals surface area contributed by atoms with Crippen molar-refractivity contribution >= 4 is 45.0 Å². The van der Waals surface area contributed by atoms with Gasteiger partial charge in [-0.1, -0.05) is 15.9 Å². The lowest BCUT2D eigenvalue weighted by atomic mass is 10.1. The molecule has 2 saturated heterocycles. The molecule has 2 aliphatic rings. The lowest BCUT2D eigenvalue weighted by Crippen LogP contribution is -2.37. The largest absolute Gasteiger partial charge is 0.484 e. The van der Waals surface area contributed by atoms with E-state index in [0.29, 0.717) is 24.5 Å². The summed E-state index contributed by atoms with van der Waals surface area (Å²) in [4.78, 5) is 39.0. The van der Waals surface area contributed by atoms with Gasteiger partial charge in [-0.15, -0.1) is 0 Å². The molecule has 2 aliphatic heterocycles. The number of nitrogens with one attached hydrogen (secondary N) is 2. The zero-order chi connectivity index (χ0) is 24.9. The molecule has 3 amide bonds. The second-order valence-corrected chi connectivity index (χ2v) is 9.95. The Morgan fingerprint density at radius 2 is 1.89 bits per heavy atom. The molecule has 8 nitrogen and oxygen atoms in total. The summed E-state index contributed by atoms with van der Waals surface area (Å²) in [7, 11) is 0. The second-order valence-electron chi connectivity index (χ2n) is 9.03. The highest BCUT2D eigenvalue weighted by Crippen LogP contribution is 2.28. The lowest BCUT2D eigenvalue weighted by molar-refractivity contribution is -0.126. The normalized spacial score (nSPS) is 19.6. The maximum atomic E-state index is 12.5.